The molecule has 0 saturated heterocycles. The van der Waals surface area contributed by atoms with Crippen LogP contribution in [0.4, 0.5) is 16.4 Å². The third-order valence-corrected chi connectivity index (χ3v) is 4.49. The number of pyridine rings is 2. The zero-order valence-corrected chi connectivity index (χ0v) is 17.0. The molecule has 6 heteroatoms. The number of anilines is 2. The molecule has 2 heterocycles. The molecule has 0 bridgehead atoms. The van der Waals surface area contributed by atoms with Crippen LogP contribution in [0.15, 0.2) is 60.8 Å². The van der Waals surface area contributed by atoms with E-state index in [0.29, 0.717) is 6.42 Å². The summed E-state index contributed by atoms with van der Waals surface area (Å²) in [6, 6.07) is 17.9. The number of amides is 1. The first-order valence-electron chi connectivity index (χ1n) is 9.53. The van der Waals surface area contributed by atoms with Gasteiger partial charge in [0.15, 0.2) is 0 Å². The van der Waals surface area contributed by atoms with E-state index in [1.165, 1.54) is 5.56 Å². The van der Waals surface area contributed by atoms with Crippen LogP contribution >= 0.6 is 0 Å². The predicted molar refractivity (Wildman–Crippen MR) is 115 cm³/mol. The lowest BCUT2D eigenvalue weighted by atomic mass is 9.88. The molecule has 0 aliphatic heterocycles. The normalized spacial score (nSPS) is 11.1. The molecule has 1 aromatic carbocycles. The first-order valence-corrected chi connectivity index (χ1v) is 9.53. The molecule has 29 heavy (non-hydrogen) atoms. The largest absolute Gasteiger partial charge is 0.449 e. The number of nitrogens with one attached hydrogen (secondary N) is 1. The first-order chi connectivity index (χ1) is 13.8. The summed E-state index contributed by atoms with van der Waals surface area (Å²) >= 11 is 0. The fourth-order valence-corrected chi connectivity index (χ4v) is 2.92. The van der Waals surface area contributed by atoms with Crippen LogP contribution in [-0.4, -0.2) is 22.7 Å². The van der Waals surface area contributed by atoms with Crippen LogP contribution in [-0.2, 0) is 16.6 Å². The quantitative estimate of drug-likeness (QED) is 0.629. The van der Waals surface area contributed by atoms with Crippen LogP contribution in [0.3, 0.4) is 0 Å². The maximum Gasteiger partial charge on any atom is 0.404 e. The van der Waals surface area contributed by atoms with Gasteiger partial charge in [-0.05, 0) is 46.9 Å². The van der Waals surface area contributed by atoms with E-state index in [-0.39, 0.29) is 12.0 Å². The van der Waals surface area contributed by atoms with Crippen LogP contribution in [0.5, 0.6) is 0 Å². The molecule has 0 saturated carbocycles. The Morgan fingerprint density at radius 3 is 2.62 bits per heavy atom. The first kappa shape index (κ1) is 20.3. The fraction of sp³-hybridized carbons (Fsp3) is 0.261. The van der Waals surface area contributed by atoms with Crippen LogP contribution in [0.2, 0.25) is 0 Å². The minimum absolute atomic E-state index is 0.0489. The van der Waals surface area contributed by atoms with Gasteiger partial charge in [0.1, 0.15) is 11.6 Å². The molecule has 0 unspecified atom stereocenters. The third-order valence-electron chi connectivity index (χ3n) is 4.49. The second-order valence-electron chi connectivity index (χ2n) is 7.83. The lowest BCUT2D eigenvalue weighted by molar-refractivity contribution is 0.158. The maximum absolute atomic E-state index is 10.7. The standard InChI is InChI=1S/C23H26N4O2/c1-23(2,3)18-10-12-25-21(15-18)27-20-9-5-8-19(26-20)17-7-4-6-16(14-17)11-13-29-22(24)28/h4-10,12,14-15H,11,13H2,1-3H3,(H2,24,28)(H,25,26,27). The lowest BCUT2D eigenvalue weighted by Crippen LogP contribution is -2.14. The number of primary amides is 1. The molecule has 0 radical (unpaired) electrons. The highest BCUT2D eigenvalue weighted by Crippen LogP contribution is 2.25. The van der Waals surface area contributed by atoms with E-state index in [4.69, 9.17) is 15.5 Å². The van der Waals surface area contributed by atoms with Crippen molar-refractivity contribution < 1.29 is 9.53 Å². The topological polar surface area (TPSA) is 90.1 Å². The zero-order chi connectivity index (χ0) is 20.9. The lowest BCUT2D eigenvalue weighted by Gasteiger charge is -2.19. The number of rotatable bonds is 6. The average molecular weight is 390 g/mol. The molecule has 0 aliphatic carbocycles. The minimum Gasteiger partial charge on any atom is -0.449 e. The summed E-state index contributed by atoms with van der Waals surface area (Å²) in [5.74, 6) is 1.49. The van der Waals surface area contributed by atoms with Crippen molar-refractivity contribution in [3.63, 3.8) is 0 Å². The highest BCUT2D eigenvalue weighted by Gasteiger charge is 2.14. The van der Waals surface area contributed by atoms with Gasteiger partial charge < -0.3 is 15.8 Å². The van der Waals surface area contributed by atoms with Gasteiger partial charge in [0, 0.05) is 18.2 Å². The highest BCUT2D eigenvalue weighted by atomic mass is 16.5. The molecule has 150 valence electrons. The molecule has 0 aliphatic rings. The average Bonchev–Trinajstić information content (AvgIpc) is 2.68. The molecule has 6 nitrogen and oxygen atoms in total. The van der Waals surface area contributed by atoms with E-state index in [9.17, 15) is 4.79 Å². The van der Waals surface area contributed by atoms with Gasteiger partial charge in [-0.1, -0.05) is 45.0 Å². The number of hydrogen-bond donors (Lipinski definition) is 2. The third kappa shape index (κ3) is 5.78. The van der Waals surface area contributed by atoms with Crippen molar-refractivity contribution in [2.45, 2.75) is 32.6 Å². The molecule has 0 spiro atoms. The van der Waals surface area contributed by atoms with Gasteiger partial charge in [-0.15, -0.1) is 0 Å². The molecule has 2 aromatic heterocycles. The Morgan fingerprint density at radius 2 is 1.86 bits per heavy atom. The van der Waals surface area contributed by atoms with Gasteiger partial charge in [0.05, 0.1) is 12.3 Å². The van der Waals surface area contributed by atoms with Crippen LogP contribution < -0.4 is 11.1 Å². The van der Waals surface area contributed by atoms with E-state index < -0.39 is 6.09 Å². The molecule has 0 fully saturated rings. The number of ether oxygens (including phenoxy) is 1. The second-order valence-corrected chi connectivity index (χ2v) is 7.83. The summed E-state index contributed by atoms with van der Waals surface area (Å²) in [6.45, 7) is 6.77. The van der Waals surface area contributed by atoms with Crippen molar-refractivity contribution in [3.05, 3.63) is 71.9 Å². The molecule has 0 atom stereocenters. The Morgan fingerprint density at radius 1 is 1.07 bits per heavy atom. The van der Waals surface area contributed by atoms with Crippen LogP contribution in [0.25, 0.3) is 11.3 Å². The molecule has 3 aromatic rings. The van der Waals surface area contributed by atoms with Gasteiger partial charge >= 0.3 is 6.09 Å². The van der Waals surface area contributed by atoms with Gasteiger partial charge in [0.25, 0.3) is 0 Å². The Bertz CT molecular complexity index is 996. The van der Waals surface area contributed by atoms with Crippen molar-refractivity contribution in [2.75, 3.05) is 11.9 Å². The Balaban J connectivity index is 1.77. The summed E-state index contributed by atoms with van der Waals surface area (Å²) in [5, 5.41) is 3.29. The van der Waals surface area contributed by atoms with Gasteiger partial charge in [-0.25, -0.2) is 14.8 Å². The highest BCUT2D eigenvalue weighted by molar-refractivity contribution is 5.65. The Labute approximate surface area is 171 Å². The number of aromatic nitrogens is 2. The van der Waals surface area contributed by atoms with Crippen LogP contribution in [0, 0.1) is 0 Å². The van der Waals surface area contributed by atoms with E-state index in [1.807, 2.05) is 60.8 Å². The van der Waals surface area contributed by atoms with Crippen molar-refractivity contribution in [3.8, 4) is 11.3 Å². The Hall–Kier alpha value is -3.41. The molecule has 3 rings (SSSR count). The van der Waals surface area contributed by atoms with Crippen molar-refractivity contribution in [1.29, 1.82) is 0 Å². The van der Waals surface area contributed by atoms with Crippen LogP contribution in [0.1, 0.15) is 31.9 Å². The monoisotopic (exact) mass is 390 g/mol. The molecule has 3 N–H and O–H groups in total. The summed E-state index contributed by atoms with van der Waals surface area (Å²) in [7, 11) is 0. The number of nitrogens with zero attached hydrogens (tertiary/aromatic N) is 2. The molecule has 1 amide bonds. The fourth-order valence-electron chi connectivity index (χ4n) is 2.92. The zero-order valence-electron chi connectivity index (χ0n) is 17.0. The van der Waals surface area contributed by atoms with E-state index in [1.54, 1.807) is 0 Å². The van der Waals surface area contributed by atoms with Crippen molar-refractivity contribution >= 4 is 17.7 Å². The minimum atomic E-state index is -0.759. The van der Waals surface area contributed by atoms with E-state index >= 15 is 0 Å². The summed E-state index contributed by atoms with van der Waals surface area (Å²) in [5.41, 5.74) is 9.14. The second kappa shape index (κ2) is 8.73. The number of hydrogen-bond acceptors (Lipinski definition) is 5. The molecular formula is C23H26N4O2. The van der Waals surface area contributed by atoms with E-state index in [0.717, 1.165) is 28.5 Å². The predicted octanol–water partition coefficient (Wildman–Crippen LogP) is 4.82. The maximum atomic E-state index is 10.7. The number of carbonyl (C=O) groups excluding carboxylic acids is 1. The smallest absolute Gasteiger partial charge is 0.404 e. The number of benzene rings is 1. The summed E-state index contributed by atoms with van der Waals surface area (Å²) in [4.78, 5) is 19.9. The van der Waals surface area contributed by atoms with Gasteiger partial charge in [-0.3, -0.25) is 0 Å². The number of carbonyl (C=O) groups is 1. The van der Waals surface area contributed by atoms with Gasteiger partial charge in [-0.2, -0.15) is 0 Å². The van der Waals surface area contributed by atoms with Gasteiger partial charge in [0.2, 0.25) is 0 Å². The summed E-state index contributed by atoms with van der Waals surface area (Å²) in [6.07, 6.45) is 1.65. The summed E-state index contributed by atoms with van der Waals surface area (Å²) < 4.78 is 4.82. The van der Waals surface area contributed by atoms with Crippen molar-refractivity contribution in [1.82, 2.24) is 9.97 Å². The number of nitrogens with two attached hydrogens (primary N) is 1. The SMILES string of the molecule is CC(C)(C)c1ccnc(Nc2cccc(-c3cccc(CCOC(N)=O)c3)n2)c1. The Kier molecular flexibility index (Phi) is 6.12. The molecular weight excluding hydrogens is 364 g/mol. The van der Waals surface area contributed by atoms with E-state index in [2.05, 4.69) is 31.1 Å². The van der Waals surface area contributed by atoms with Crippen molar-refractivity contribution in [2.24, 2.45) is 5.73 Å².